The summed E-state index contributed by atoms with van der Waals surface area (Å²) in [5.41, 5.74) is 0.174. The molecule has 1 N–H and O–H groups in total. The summed E-state index contributed by atoms with van der Waals surface area (Å²) < 4.78 is 5.34. The van der Waals surface area contributed by atoms with Crippen molar-refractivity contribution in [1.29, 1.82) is 0 Å². The normalized spacial score (nSPS) is 29.2. The highest BCUT2D eigenvalue weighted by Crippen LogP contribution is 2.20. The Labute approximate surface area is 75.1 Å². The molecule has 11 heavy (non-hydrogen) atoms. The van der Waals surface area contributed by atoms with Crippen LogP contribution in [0.15, 0.2) is 0 Å². The standard InChI is InChI=1S/C8H17NO.ClH/c1-8(2)7(10-3)5-4-6-9-8;/h7,9H,4-6H2,1-3H3;1H. The minimum atomic E-state index is 0. The summed E-state index contributed by atoms with van der Waals surface area (Å²) in [5, 5.41) is 3.43. The largest absolute Gasteiger partial charge is 0.380 e. The average Bonchev–Trinajstić information content (AvgIpc) is 1.87. The molecular formula is C8H18ClNO. The van der Waals surface area contributed by atoms with Gasteiger partial charge in [-0.25, -0.2) is 0 Å². The fourth-order valence-electron chi connectivity index (χ4n) is 1.59. The summed E-state index contributed by atoms with van der Waals surface area (Å²) in [6.45, 7) is 5.52. The smallest absolute Gasteiger partial charge is 0.0747 e. The van der Waals surface area contributed by atoms with E-state index in [9.17, 15) is 0 Å². The van der Waals surface area contributed by atoms with Gasteiger partial charge in [0.2, 0.25) is 0 Å². The molecule has 0 amide bonds. The number of hydrogen-bond acceptors (Lipinski definition) is 2. The van der Waals surface area contributed by atoms with Crippen LogP contribution in [-0.4, -0.2) is 25.3 Å². The van der Waals surface area contributed by atoms with E-state index in [0.717, 1.165) is 6.54 Å². The first-order valence-electron chi connectivity index (χ1n) is 3.94. The molecule has 1 fully saturated rings. The number of hydrogen-bond donors (Lipinski definition) is 1. The van der Waals surface area contributed by atoms with E-state index >= 15 is 0 Å². The number of rotatable bonds is 1. The summed E-state index contributed by atoms with van der Waals surface area (Å²) in [6.07, 6.45) is 2.82. The predicted molar refractivity (Wildman–Crippen MR) is 49.4 cm³/mol. The third kappa shape index (κ3) is 2.62. The van der Waals surface area contributed by atoms with Gasteiger partial charge in [-0.1, -0.05) is 0 Å². The van der Waals surface area contributed by atoms with Gasteiger partial charge in [-0.2, -0.15) is 0 Å². The second kappa shape index (κ2) is 4.29. The molecular weight excluding hydrogens is 162 g/mol. The number of halogens is 1. The fourth-order valence-corrected chi connectivity index (χ4v) is 1.59. The van der Waals surface area contributed by atoms with Crippen molar-refractivity contribution < 1.29 is 4.74 Å². The number of ether oxygens (including phenoxy) is 1. The SMILES string of the molecule is COC1CCCNC1(C)C.Cl. The van der Waals surface area contributed by atoms with Crippen molar-refractivity contribution in [3.63, 3.8) is 0 Å². The molecule has 1 saturated heterocycles. The molecule has 1 unspecified atom stereocenters. The highest BCUT2D eigenvalue weighted by molar-refractivity contribution is 5.85. The molecule has 1 rings (SSSR count). The predicted octanol–water partition coefficient (Wildman–Crippen LogP) is 1.59. The lowest BCUT2D eigenvalue weighted by molar-refractivity contribution is 0.00936. The maximum atomic E-state index is 5.34. The van der Waals surface area contributed by atoms with Crippen molar-refractivity contribution in [3.8, 4) is 0 Å². The van der Waals surface area contributed by atoms with Gasteiger partial charge in [0.25, 0.3) is 0 Å². The van der Waals surface area contributed by atoms with Crippen molar-refractivity contribution >= 4 is 12.4 Å². The van der Waals surface area contributed by atoms with Gasteiger partial charge in [0.15, 0.2) is 0 Å². The van der Waals surface area contributed by atoms with Gasteiger partial charge in [0.1, 0.15) is 0 Å². The Bertz CT molecular complexity index is 117. The molecule has 0 aromatic heterocycles. The molecule has 1 heterocycles. The van der Waals surface area contributed by atoms with Gasteiger partial charge in [0, 0.05) is 12.6 Å². The van der Waals surface area contributed by atoms with Crippen LogP contribution in [0.1, 0.15) is 26.7 Å². The Morgan fingerprint density at radius 2 is 2.09 bits per heavy atom. The highest BCUT2D eigenvalue weighted by atomic mass is 35.5. The van der Waals surface area contributed by atoms with E-state index in [1.165, 1.54) is 12.8 Å². The molecule has 1 aliphatic rings. The van der Waals surface area contributed by atoms with Crippen molar-refractivity contribution in [1.82, 2.24) is 5.32 Å². The van der Waals surface area contributed by atoms with E-state index in [1.807, 2.05) is 0 Å². The molecule has 0 spiro atoms. The molecule has 0 aromatic rings. The Hall–Kier alpha value is 0.210. The number of methoxy groups -OCH3 is 1. The fraction of sp³-hybridized carbons (Fsp3) is 1.00. The van der Waals surface area contributed by atoms with Crippen molar-refractivity contribution in [2.45, 2.75) is 38.3 Å². The van der Waals surface area contributed by atoms with Crippen LogP contribution in [-0.2, 0) is 4.74 Å². The first kappa shape index (κ1) is 11.2. The molecule has 3 heteroatoms. The van der Waals surface area contributed by atoms with E-state index in [1.54, 1.807) is 7.11 Å². The quantitative estimate of drug-likeness (QED) is 0.660. The first-order valence-corrected chi connectivity index (χ1v) is 3.94. The van der Waals surface area contributed by atoms with Gasteiger partial charge >= 0.3 is 0 Å². The van der Waals surface area contributed by atoms with Gasteiger partial charge in [0.05, 0.1) is 6.10 Å². The van der Waals surface area contributed by atoms with Crippen LogP contribution in [0.25, 0.3) is 0 Å². The zero-order valence-corrected chi connectivity index (χ0v) is 8.33. The van der Waals surface area contributed by atoms with E-state index in [-0.39, 0.29) is 17.9 Å². The average molecular weight is 180 g/mol. The Kier molecular flexibility index (Phi) is 4.37. The highest BCUT2D eigenvalue weighted by Gasteiger charge is 2.31. The molecule has 0 aromatic carbocycles. The topological polar surface area (TPSA) is 21.3 Å². The molecule has 0 bridgehead atoms. The van der Waals surface area contributed by atoms with Gasteiger partial charge in [-0.05, 0) is 33.2 Å². The van der Waals surface area contributed by atoms with E-state index in [2.05, 4.69) is 19.2 Å². The zero-order valence-electron chi connectivity index (χ0n) is 7.52. The lowest BCUT2D eigenvalue weighted by Crippen LogP contribution is -2.54. The Morgan fingerprint density at radius 3 is 2.45 bits per heavy atom. The zero-order chi connectivity index (χ0) is 7.61. The van der Waals surface area contributed by atoms with Crippen LogP contribution in [0.4, 0.5) is 0 Å². The molecule has 0 aliphatic carbocycles. The maximum absolute atomic E-state index is 5.34. The van der Waals surface area contributed by atoms with Crippen LogP contribution < -0.4 is 5.32 Å². The second-order valence-electron chi connectivity index (χ2n) is 3.52. The summed E-state index contributed by atoms with van der Waals surface area (Å²) in [5.74, 6) is 0. The minimum absolute atomic E-state index is 0. The molecule has 2 nitrogen and oxygen atoms in total. The third-order valence-corrected chi connectivity index (χ3v) is 2.31. The van der Waals surface area contributed by atoms with E-state index in [4.69, 9.17) is 4.74 Å². The summed E-state index contributed by atoms with van der Waals surface area (Å²) in [4.78, 5) is 0. The minimum Gasteiger partial charge on any atom is -0.380 e. The molecule has 1 aliphatic heterocycles. The van der Waals surface area contributed by atoms with E-state index < -0.39 is 0 Å². The third-order valence-electron chi connectivity index (χ3n) is 2.31. The van der Waals surface area contributed by atoms with Crippen LogP contribution in [0, 0.1) is 0 Å². The molecule has 0 radical (unpaired) electrons. The van der Waals surface area contributed by atoms with Crippen LogP contribution in [0.2, 0.25) is 0 Å². The monoisotopic (exact) mass is 179 g/mol. The second-order valence-corrected chi connectivity index (χ2v) is 3.52. The molecule has 0 saturated carbocycles. The van der Waals surface area contributed by atoms with Gasteiger partial charge in [-0.3, -0.25) is 0 Å². The lowest BCUT2D eigenvalue weighted by atomic mass is 9.90. The lowest BCUT2D eigenvalue weighted by Gasteiger charge is -2.38. The summed E-state index contributed by atoms with van der Waals surface area (Å²) in [7, 11) is 1.79. The summed E-state index contributed by atoms with van der Waals surface area (Å²) in [6, 6.07) is 0. The molecule has 1 atom stereocenters. The first-order chi connectivity index (χ1) is 4.67. The Morgan fingerprint density at radius 1 is 1.45 bits per heavy atom. The van der Waals surface area contributed by atoms with Gasteiger partial charge in [-0.15, -0.1) is 12.4 Å². The molecule has 68 valence electrons. The van der Waals surface area contributed by atoms with Crippen molar-refractivity contribution in [2.24, 2.45) is 0 Å². The van der Waals surface area contributed by atoms with Crippen molar-refractivity contribution in [2.75, 3.05) is 13.7 Å². The summed E-state index contributed by atoms with van der Waals surface area (Å²) >= 11 is 0. The Balaban J connectivity index is 0.000001000. The number of piperidine rings is 1. The van der Waals surface area contributed by atoms with Crippen LogP contribution in [0.5, 0.6) is 0 Å². The maximum Gasteiger partial charge on any atom is 0.0747 e. The van der Waals surface area contributed by atoms with Crippen molar-refractivity contribution in [3.05, 3.63) is 0 Å². The van der Waals surface area contributed by atoms with E-state index in [0.29, 0.717) is 6.10 Å². The number of nitrogens with one attached hydrogen (secondary N) is 1. The van der Waals surface area contributed by atoms with Crippen LogP contribution in [0.3, 0.4) is 0 Å². The van der Waals surface area contributed by atoms with Gasteiger partial charge < -0.3 is 10.1 Å². The van der Waals surface area contributed by atoms with Crippen LogP contribution >= 0.6 is 12.4 Å².